The molecule has 7 heteroatoms. The molecule has 0 saturated carbocycles. The molecule has 1 atom stereocenters. The average Bonchev–Trinajstić information content (AvgIpc) is 2.12. The molecule has 1 aromatic rings. The SMILES string of the molecule is Nc1cc(N)nc(SCC(O)CO)n1. The predicted octanol–water partition coefficient (Wildman–Crippen LogP) is -0.914. The van der Waals surface area contributed by atoms with Crippen LogP contribution in [0.2, 0.25) is 0 Å². The smallest absolute Gasteiger partial charge is 0.191 e. The number of hydrogen-bond donors (Lipinski definition) is 4. The second-order valence-corrected chi connectivity index (χ2v) is 3.63. The molecule has 1 unspecified atom stereocenters. The van der Waals surface area contributed by atoms with Gasteiger partial charge in [-0.1, -0.05) is 11.8 Å². The fourth-order valence-electron chi connectivity index (χ4n) is 0.750. The zero-order chi connectivity index (χ0) is 10.6. The van der Waals surface area contributed by atoms with Gasteiger partial charge in [-0.3, -0.25) is 0 Å². The average molecular weight is 216 g/mol. The van der Waals surface area contributed by atoms with Gasteiger partial charge in [0.1, 0.15) is 11.6 Å². The van der Waals surface area contributed by atoms with Crippen molar-refractivity contribution in [1.82, 2.24) is 9.97 Å². The summed E-state index contributed by atoms with van der Waals surface area (Å²) in [7, 11) is 0. The summed E-state index contributed by atoms with van der Waals surface area (Å²) in [5, 5.41) is 18.0. The van der Waals surface area contributed by atoms with Crippen LogP contribution in [0.5, 0.6) is 0 Å². The fraction of sp³-hybridized carbons (Fsp3) is 0.429. The van der Waals surface area contributed by atoms with Crippen LogP contribution in [0.15, 0.2) is 11.2 Å². The van der Waals surface area contributed by atoms with Gasteiger partial charge in [-0.05, 0) is 0 Å². The first-order chi connectivity index (χ1) is 6.61. The van der Waals surface area contributed by atoms with Crippen LogP contribution in [0.25, 0.3) is 0 Å². The van der Waals surface area contributed by atoms with E-state index in [1.807, 2.05) is 0 Å². The maximum absolute atomic E-state index is 9.07. The highest BCUT2D eigenvalue weighted by molar-refractivity contribution is 7.99. The molecule has 78 valence electrons. The summed E-state index contributed by atoms with van der Waals surface area (Å²) >= 11 is 1.19. The molecule has 0 saturated heterocycles. The zero-order valence-corrected chi connectivity index (χ0v) is 8.24. The van der Waals surface area contributed by atoms with Gasteiger partial charge in [0.15, 0.2) is 5.16 Å². The molecule has 1 rings (SSSR count). The maximum Gasteiger partial charge on any atom is 0.191 e. The van der Waals surface area contributed by atoms with Crippen molar-refractivity contribution in [3.63, 3.8) is 0 Å². The van der Waals surface area contributed by atoms with Crippen LogP contribution in [0.3, 0.4) is 0 Å². The van der Waals surface area contributed by atoms with Gasteiger partial charge >= 0.3 is 0 Å². The Hall–Kier alpha value is -1.05. The summed E-state index contributed by atoms with van der Waals surface area (Å²) in [6, 6.07) is 1.45. The fourth-order valence-corrected chi connectivity index (χ4v) is 1.54. The van der Waals surface area contributed by atoms with Crippen LogP contribution in [-0.4, -0.2) is 38.6 Å². The lowest BCUT2D eigenvalue weighted by atomic mass is 10.4. The number of thioether (sulfide) groups is 1. The minimum Gasteiger partial charge on any atom is -0.394 e. The highest BCUT2D eigenvalue weighted by Gasteiger charge is 2.06. The molecule has 0 aliphatic carbocycles. The zero-order valence-electron chi connectivity index (χ0n) is 7.42. The molecule has 0 aromatic carbocycles. The largest absolute Gasteiger partial charge is 0.394 e. The predicted molar refractivity (Wildman–Crippen MR) is 54.7 cm³/mol. The van der Waals surface area contributed by atoms with Crippen molar-refractivity contribution in [3.05, 3.63) is 6.07 Å². The minimum atomic E-state index is -0.786. The second-order valence-electron chi connectivity index (χ2n) is 2.65. The molecule has 1 heterocycles. The van der Waals surface area contributed by atoms with Crippen LogP contribution in [-0.2, 0) is 0 Å². The van der Waals surface area contributed by atoms with Gasteiger partial charge in [0.2, 0.25) is 0 Å². The van der Waals surface area contributed by atoms with Gasteiger partial charge in [0.25, 0.3) is 0 Å². The number of nitrogen functional groups attached to an aromatic ring is 2. The number of aliphatic hydroxyl groups is 2. The van der Waals surface area contributed by atoms with Crippen LogP contribution >= 0.6 is 11.8 Å². The third kappa shape index (κ3) is 3.36. The summed E-state index contributed by atoms with van der Waals surface area (Å²) < 4.78 is 0. The van der Waals surface area contributed by atoms with Crippen LogP contribution in [0, 0.1) is 0 Å². The van der Waals surface area contributed by atoms with Crippen LogP contribution < -0.4 is 11.5 Å². The maximum atomic E-state index is 9.07. The van der Waals surface area contributed by atoms with Gasteiger partial charge in [-0.2, -0.15) is 0 Å². The van der Waals surface area contributed by atoms with Crippen molar-refractivity contribution >= 4 is 23.4 Å². The summed E-state index contributed by atoms with van der Waals surface area (Å²) in [4.78, 5) is 7.79. The van der Waals surface area contributed by atoms with E-state index in [9.17, 15) is 0 Å². The lowest BCUT2D eigenvalue weighted by Gasteiger charge is -2.05. The molecular formula is C7H12N4O2S. The third-order valence-electron chi connectivity index (χ3n) is 1.36. The second kappa shape index (κ2) is 4.99. The lowest BCUT2D eigenvalue weighted by Crippen LogP contribution is -2.15. The van der Waals surface area contributed by atoms with Crippen molar-refractivity contribution in [2.24, 2.45) is 0 Å². The quantitative estimate of drug-likeness (QED) is 0.380. The standard InChI is InChI=1S/C7H12N4O2S/c8-5-1-6(9)11-7(10-5)14-3-4(13)2-12/h1,4,12-13H,2-3H2,(H4,8,9,10,11). The number of aromatic nitrogens is 2. The molecule has 0 fully saturated rings. The Labute approximate surface area is 85.4 Å². The summed E-state index contributed by atoms with van der Waals surface area (Å²) in [5.41, 5.74) is 10.9. The molecule has 14 heavy (non-hydrogen) atoms. The molecule has 0 amide bonds. The molecule has 0 spiro atoms. The summed E-state index contributed by atoms with van der Waals surface area (Å²) in [6.07, 6.45) is -0.786. The Morgan fingerprint density at radius 3 is 2.43 bits per heavy atom. The summed E-state index contributed by atoms with van der Waals surface area (Å²) in [5.74, 6) is 0.885. The van der Waals surface area contributed by atoms with Crippen LogP contribution in [0.1, 0.15) is 0 Å². The first-order valence-corrected chi connectivity index (χ1v) is 4.92. The molecule has 0 radical (unpaired) electrons. The molecule has 6 N–H and O–H groups in total. The Morgan fingerprint density at radius 2 is 1.93 bits per heavy atom. The number of nitrogens with two attached hydrogens (primary N) is 2. The Bertz CT molecular complexity index is 289. The lowest BCUT2D eigenvalue weighted by molar-refractivity contribution is 0.113. The third-order valence-corrected chi connectivity index (χ3v) is 2.35. The van der Waals surface area contributed by atoms with Gasteiger partial charge in [-0.25, -0.2) is 9.97 Å². The molecule has 0 aliphatic heterocycles. The molecule has 0 aliphatic rings. The summed E-state index contributed by atoms with van der Waals surface area (Å²) in [6.45, 7) is -0.287. The van der Waals surface area contributed by atoms with E-state index in [0.29, 0.717) is 22.5 Å². The molecule has 0 bridgehead atoms. The number of nitrogens with zero attached hydrogens (tertiary/aromatic N) is 2. The first kappa shape index (κ1) is 11.0. The topological polar surface area (TPSA) is 118 Å². The number of hydrogen-bond acceptors (Lipinski definition) is 7. The van der Waals surface area contributed by atoms with E-state index in [4.69, 9.17) is 21.7 Å². The van der Waals surface area contributed by atoms with Gasteiger partial charge in [0.05, 0.1) is 12.7 Å². The highest BCUT2D eigenvalue weighted by Crippen LogP contribution is 2.16. The van der Waals surface area contributed by atoms with E-state index < -0.39 is 6.10 Å². The van der Waals surface area contributed by atoms with E-state index in [1.54, 1.807) is 0 Å². The highest BCUT2D eigenvalue weighted by atomic mass is 32.2. The molecule has 6 nitrogen and oxygen atoms in total. The van der Waals surface area contributed by atoms with Crippen molar-refractivity contribution in [1.29, 1.82) is 0 Å². The number of rotatable bonds is 4. The van der Waals surface area contributed by atoms with E-state index in [2.05, 4.69) is 9.97 Å². The van der Waals surface area contributed by atoms with E-state index in [-0.39, 0.29) is 6.61 Å². The Morgan fingerprint density at radius 1 is 1.36 bits per heavy atom. The van der Waals surface area contributed by atoms with Crippen molar-refractivity contribution in [3.8, 4) is 0 Å². The van der Waals surface area contributed by atoms with Gasteiger partial charge in [0, 0.05) is 11.8 Å². The molecule has 1 aromatic heterocycles. The number of aliphatic hydroxyl groups excluding tert-OH is 2. The normalized spacial score (nSPS) is 12.7. The number of anilines is 2. The first-order valence-electron chi connectivity index (χ1n) is 3.93. The monoisotopic (exact) mass is 216 g/mol. The van der Waals surface area contributed by atoms with E-state index in [0.717, 1.165) is 0 Å². The van der Waals surface area contributed by atoms with Gasteiger partial charge in [-0.15, -0.1) is 0 Å². The van der Waals surface area contributed by atoms with Crippen LogP contribution in [0.4, 0.5) is 11.6 Å². The minimum absolute atomic E-state index is 0.287. The van der Waals surface area contributed by atoms with Gasteiger partial charge < -0.3 is 21.7 Å². The van der Waals surface area contributed by atoms with E-state index >= 15 is 0 Å². The Balaban J connectivity index is 2.58. The Kier molecular flexibility index (Phi) is 3.93. The van der Waals surface area contributed by atoms with Crippen molar-refractivity contribution in [2.45, 2.75) is 11.3 Å². The van der Waals surface area contributed by atoms with Crippen molar-refractivity contribution < 1.29 is 10.2 Å². The molecular weight excluding hydrogens is 204 g/mol. The van der Waals surface area contributed by atoms with E-state index in [1.165, 1.54) is 17.8 Å². The van der Waals surface area contributed by atoms with Crippen molar-refractivity contribution in [2.75, 3.05) is 23.8 Å².